The molecule has 0 saturated carbocycles. The highest BCUT2D eigenvalue weighted by atomic mass is 32.2. The highest BCUT2D eigenvalue weighted by molar-refractivity contribution is 8.18. The molecule has 0 spiro atoms. The van der Waals surface area contributed by atoms with Crippen LogP contribution >= 0.6 is 11.8 Å². The molecule has 0 atom stereocenters. The van der Waals surface area contributed by atoms with Crippen molar-refractivity contribution in [2.24, 2.45) is 4.99 Å². The van der Waals surface area contributed by atoms with Crippen LogP contribution in [0.15, 0.2) is 46.3 Å². The van der Waals surface area contributed by atoms with Gasteiger partial charge in [0.15, 0.2) is 11.0 Å². The number of thioether (sulfide) groups is 1. The number of hydrogen-bond acceptors (Lipinski definition) is 5. The van der Waals surface area contributed by atoms with Crippen molar-refractivity contribution in [2.45, 2.75) is 13.8 Å². The minimum Gasteiger partial charge on any atom is -0.287 e. The Morgan fingerprint density at radius 1 is 1.25 bits per heavy atom. The van der Waals surface area contributed by atoms with Crippen LogP contribution in [0.2, 0.25) is 0 Å². The summed E-state index contributed by atoms with van der Waals surface area (Å²) in [5.41, 5.74) is 0.891. The first kappa shape index (κ1) is 19.7. The number of amidine groups is 1. The lowest BCUT2D eigenvalue weighted by Crippen LogP contribution is -2.28. The van der Waals surface area contributed by atoms with Crippen LogP contribution in [-0.4, -0.2) is 27.4 Å². The van der Waals surface area contributed by atoms with Gasteiger partial charge in [-0.25, -0.2) is 13.8 Å². The Kier molecular flexibility index (Phi) is 5.55. The quantitative estimate of drug-likeness (QED) is 0.417. The standard InChI is InChI=1S/C19H15F2N3O3S/c1-3-23-18(25)17(9-12-5-4-11(2)16(8-12)24(26)27)28-19(23)22-15-7-6-13(20)10-14(15)21/h4-10H,3H2,1-2H3/b17-9+,22-19?. The normalized spacial score (nSPS) is 17.0. The Hall–Kier alpha value is -3.07. The molecule has 2 aromatic rings. The number of halogens is 2. The maximum Gasteiger partial charge on any atom is 0.272 e. The number of amides is 1. The first-order chi connectivity index (χ1) is 13.3. The number of aryl methyl sites for hydroxylation is 1. The average Bonchev–Trinajstić information content (AvgIpc) is 2.93. The number of rotatable bonds is 4. The topological polar surface area (TPSA) is 75.8 Å². The Bertz CT molecular complexity index is 1040. The number of benzene rings is 2. The van der Waals surface area contributed by atoms with E-state index in [9.17, 15) is 23.7 Å². The fourth-order valence-corrected chi connectivity index (χ4v) is 3.66. The monoisotopic (exact) mass is 403 g/mol. The molecule has 1 aliphatic heterocycles. The van der Waals surface area contributed by atoms with E-state index in [0.717, 1.165) is 23.9 Å². The van der Waals surface area contributed by atoms with Crippen LogP contribution in [0.3, 0.4) is 0 Å². The van der Waals surface area contributed by atoms with Crippen LogP contribution < -0.4 is 0 Å². The predicted molar refractivity (Wildman–Crippen MR) is 104 cm³/mol. The molecule has 0 bridgehead atoms. The molecule has 1 aliphatic rings. The van der Waals surface area contributed by atoms with Gasteiger partial charge in [0.25, 0.3) is 11.6 Å². The van der Waals surface area contributed by atoms with E-state index >= 15 is 0 Å². The van der Waals surface area contributed by atoms with Crippen LogP contribution in [0, 0.1) is 28.7 Å². The van der Waals surface area contributed by atoms with Gasteiger partial charge < -0.3 is 0 Å². The molecule has 1 saturated heterocycles. The van der Waals surface area contributed by atoms with Crippen molar-refractivity contribution in [3.8, 4) is 0 Å². The molecule has 2 aromatic carbocycles. The van der Waals surface area contributed by atoms with Crippen LogP contribution in [0.1, 0.15) is 18.1 Å². The van der Waals surface area contributed by atoms with E-state index in [4.69, 9.17) is 0 Å². The number of nitro groups is 1. The summed E-state index contributed by atoms with van der Waals surface area (Å²) in [6.07, 6.45) is 1.53. The molecule has 28 heavy (non-hydrogen) atoms. The van der Waals surface area contributed by atoms with Crippen LogP contribution in [0.4, 0.5) is 20.2 Å². The number of nitrogens with zero attached hydrogens (tertiary/aromatic N) is 3. The zero-order valence-corrected chi connectivity index (χ0v) is 15.8. The van der Waals surface area contributed by atoms with Crippen molar-refractivity contribution in [3.63, 3.8) is 0 Å². The van der Waals surface area contributed by atoms with Gasteiger partial charge in [-0.05, 0) is 49.4 Å². The Labute approximate surface area is 163 Å². The maximum absolute atomic E-state index is 13.9. The molecule has 1 amide bonds. The van der Waals surface area contributed by atoms with Crippen LogP contribution in [-0.2, 0) is 4.79 Å². The van der Waals surface area contributed by atoms with E-state index < -0.39 is 16.6 Å². The lowest BCUT2D eigenvalue weighted by molar-refractivity contribution is -0.385. The highest BCUT2D eigenvalue weighted by Crippen LogP contribution is 2.35. The van der Waals surface area contributed by atoms with Gasteiger partial charge in [-0.2, -0.15) is 0 Å². The first-order valence-corrected chi connectivity index (χ1v) is 9.12. The van der Waals surface area contributed by atoms with E-state index in [-0.39, 0.29) is 22.4 Å². The van der Waals surface area contributed by atoms with Crippen molar-refractivity contribution in [3.05, 3.63) is 74.2 Å². The molecule has 0 aliphatic carbocycles. The number of aliphatic imine (C=N–C) groups is 1. The molecule has 144 valence electrons. The Morgan fingerprint density at radius 3 is 2.64 bits per heavy atom. The molecule has 0 radical (unpaired) electrons. The second kappa shape index (κ2) is 7.89. The van der Waals surface area contributed by atoms with E-state index in [1.165, 1.54) is 23.1 Å². The average molecular weight is 403 g/mol. The first-order valence-electron chi connectivity index (χ1n) is 8.30. The third-order valence-corrected chi connectivity index (χ3v) is 5.06. The molecule has 3 rings (SSSR count). The van der Waals surface area contributed by atoms with Gasteiger partial charge in [0, 0.05) is 24.2 Å². The van der Waals surface area contributed by atoms with Crippen molar-refractivity contribution in [2.75, 3.05) is 6.54 Å². The number of hydrogen-bond donors (Lipinski definition) is 0. The van der Waals surface area contributed by atoms with E-state index in [2.05, 4.69) is 4.99 Å². The van der Waals surface area contributed by atoms with Gasteiger partial charge in [0.1, 0.15) is 11.5 Å². The van der Waals surface area contributed by atoms with E-state index in [1.807, 2.05) is 0 Å². The number of likely N-dealkylation sites (N-methyl/N-ethyl adjacent to an activating group) is 1. The summed E-state index contributed by atoms with van der Waals surface area (Å²) in [5.74, 6) is -1.88. The summed E-state index contributed by atoms with van der Waals surface area (Å²) in [4.78, 5) is 29.1. The largest absolute Gasteiger partial charge is 0.287 e. The second-order valence-electron chi connectivity index (χ2n) is 5.95. The summed E-state index contributed by atoms with van der Waals surface area (Å²) in [7, 11) is 0. The van der Waals surface area contributed by atoms with Gasteiger partial charge in [-0.15, -0.1) is 0 Å². The third-order valence-electron chi connectivity index (χ3n) is 4.06. The molecule has 1 heterocycles. The third kappa shape index (κ3) is 3.94. The zero-order chi connectivity index (χ0) is 20.4. The summed E-state index contributed by atoms with van der Waals surface area (Å²) in [6.45, 7) is 3.68. The van der Waals surface area contributed by atoms with Crippen LogP contribution in [0.5, 0.6) is 0 Å². The molecule has 0 unspecified atom stereocenters. The maximum atomic E-state index is 13.9. The molecular formula is C19H15F2N3O3S. The molecule has 1 fully saturated rings. The van der Waals surface area contributed by atoms with Crippen LogP contribution in [0.25, 0.3) is 6.08 Å². The minimum absolute atomic E-state index is 0.0422. The fourth-order valence-electron chi connectivity index (χ4n) is 2.61. The Morgan fingerprint density at radius 2 is 2.00 bits per heavy atom. The van der Waals surface area contributed by atoms with Gasteiger partial charge in [0.2, 0.25) is 0 Å². The molecule has 9 heteroatoms. The molecule has 6 nitrogen and oxygen atoms in total. The van der Waals surface area contributed by atoms with Crippen molar-refractivity contribution >= 4 is 40.3 Å². The fraction of sp³-hybridized carbons (Fsp3) is 0.158. The molecule has 0 aromatic heterocycles. The van der Waals surface area contributed by atoms with Crippen molar-refractivity contribution < 1.29 is 18.5 Å². The zero-order valence-electron chi connectivity index (χ0n) is 15.0. The Balaban J connectivity index is 1.97. The van der Waals surface area contributed by atoms with Crippen molar-refractivity contribution in [1.29, 1.82) is 0 Å². The lowest BCUT2D eigenvalue weighted by atomic mass is 10.1. The minimum atomic E-state index is -0.830. The number of nitro benzene ring substituents is 1. The second-order valence-corrected chi connectivity index (χ2v) is 6.96. The highest BCUT2D eigenvalue weighted by Gasteiger charge is 2.32. The molecule has 0 N–H and O–H groups in total. The summed E-state index contributed by atoms with van der Waals surface area (Å²) >= 11 is 1.03. The summed E-state index contributed by atoms with van der Waals surface area (Å²) in [6, 6.07) is 7.67. The SMILES string of the molecule is CCN1C(=O)/C(=C\c2ccc(C)c([N+](=O)[O-])c2)SC1=Nc1ccc(F)cc1F. The predicted octanol–water partition coefficient (Wildman–Crippen LogP) is 4.81. The number of carbonyl (C=O) groups excluding carboxylic acids is 1. The van der Waals surface area contributed by atoms with Gasteiger partial charge in [-0.3, -0.25) is 19.8 Å². The summed E-state index contributed by atoms with van der Waals surface area (Å²) < 4.78 is 27.0. The van der Waals surface area contributed by atoms with E-state index in [0.29, 0.717) is 22.6 Å². The van der Waals surface area contributed by atoms with Gasteiger partial charge >= 0.3 is 0 Å². The van der Waals surface area contributed by atoms with Gasteiger partial charge in [-0.1, -0.05) is 12.1 Å². The number of carbonyl (C=O) groups is 1. The lowest BCUT2D eigenvalue weighted by Gasteiger charge is -2.12. The summed E-state index contributed by atoms with van der Waals surface area (Å²) in [5, 5.41) is 11.4. The van der Waals surface area contributed by atoms with Gasteiger partial charge in [0.05, 0.1) is 9.83 Å². The molecular weight excluding hydrogens is 388 g/mol. The smallest absolute Gasteiger partial charge is 0.272 e. The van der Waals surface area contributed by atoms with E-state index in [1.54, 1.807) is 26.0 Å². The van der Waals surface area contributed by atoms with Crippen molar-refractivity contribution in [1.82, 2.24) is 4.90 Å².